The van der Waals surface area contributed by atoms with E-state index in [0.29, 0.717) is 12.8 Å². The van der Waals surface area contributed by atoms with Gasteiger partial charge < -0.3 is 9.84 Å². The van der Waals surface area contributed by atoms with Crippen LogP contribution in [-0.4, -0.2) is 17.7 Å². The van der Waals surface area contributed by atoms with Gasteiger partial charge in [0.15, 0.2) is 0 Å². The molecule has 0 unspecified atom stereocenters. The molecule has 2 aromatic carbocycles. The number of phenolic OH excluding ortho intramolecular Hbond substituents is 1. The highest BCUT2D eigenvalue weighted by Crippen LogP contribution is 2.25. The lowest BCUT2D eigenvalue weighted by Gasteiger charge is -2.07. The number of unbranched alkanes of at least 4 members (excludes halogenated alkanes) is 1. The summed E-state index contributed by atoms with van der Waals surface area (Å²) in [4.78, 5) is 11.8. The number of benzene rings is 2. The maximum Gasteiger partial charge on any atom is 0.341 e. The summed E-state index contributed by atoms with van der Waals surface area (Å²) >= 11 is 0. The van der Waals surface area contributed by atoms with E-state index in [0.717, 1.165) is 10.8 Å². The molecule has 0 aliphatic carbocycles. The van der Waals surface area contributed by atoms with Crippen LogP contribution in [0.2, 0.25) is 0 Å². The Morgan fingerprint density at radius 2 is 1.95 bits per heavy atom. The molecule has 0 saturated heterocycles. The number of hydrogen-bond donors (Lipinski definition) is 1. The summed E-state index contributed by atoms with van der Waals surface area (Å²) < 4.78 is 5.01. The van der Waals surface area contributed by atoms with Gasteiger partial charge in [-0.25, -0.2) is 4.79 Å². The molecule has 4 nitrogen and oxygen atoms in total. The normalized spacial score (nSPS) is 10.1. The first-order valence-electron chi connectivity index (χ1n) is 5.98. The smallest absolute Gasteiger partial charge is 0.341 e. The van der Waals surface area contributed by atoms with Crippen molar-refractivity contribution in [2.75, 3.05) is 6.61 Å². The van der Waals surface area contributed by atoms with Crippen molar-refractivity contribution in [3.05, 3.63) is 42.0 Å². The van der Waals surface area contributed by atoms with Crippen LogP contribution >= 0.6 is 0 Å². The van der Waals surface area contributed by atoms with Gasteiger partial charge in [-0.2, -0.15) is 5.26 Å². The van der Waals surface area contributed by atoms with E-state index in [-0.39, 0.29) is 17.9 Å². The molecule has 96 valence electrons. The van der Waals surface area contributed by atoms with Crippen molar-refractivity contribution in [2.45, 2.75) is 12.8 Å². The van der Waals surface area contributed by atoms with Gasteiger partial charge in [-0.3, -0.25) is 0 Å². The van der Waals surface area contributed by atoms with Crippen LogP contribution in [0.25, 0.3) is 10.8 Å². The molecule has 0 saturated carbocycles. The van der Waals surface area contributed by atoms with Crippen LogP contribution in [-0.2, 0) is 4.74 Å². The number of carbonyl (C=O) groups excluding carboxylic acids is 1. The van der Waals surface area contributed by atoms with E-state index < -0.39 is 5.97 Å². The Morgan fingerprint density at radius 3 is 2.63 bits per heavy atom. The van der Waals surface area contributed by atoms with Crippen LogP contribution < -0.4 is 0 Å². The van der Waals surface area contributed by atoms with Gasteiger partial charge in [0, 0.05) is 6.42 Å². The molecule has 0 radical (unpaired) electrons. The minimum absolute atomic E-state index is 0.0935. The Hall–Kier alpha value is -2.54. The number of carbonyl (C=O) groups is 1. The molecular formula is C15H13NO3. The molecule has 2 rings (SSSR count). The van der Waals surface area contributed by atoms with E-state index in [9.17, 15) is 9.90 Å². The van der Waals surface area contributed by atoms with Gasteiger partial charge in [-0.1, -0.05) is 24.3 Å². The number of nitriles is 1. The lowest BCUT2D eigenvalue weighted by molar-refractivity contribution is 0.0498. The second-order valence-corrected chi connectivity index (χ2v) is 4.11. The summed E-state index contributed by atoms with van der Waals surface area (Å²) in [5.74, 6) is -0.662. The van der Waals surface area contributed by atoms with E-state index >= 15 is 0 Å². The standard InChI is InChI=1S/C15H13NO3/c16-7-3-4-8-19-15(18)13-9-11-5-1-2-6-12(11)10-14(13)17/h1-2,5-6,9-10,17H,3-4,8H2. The van der Waals surface area contributed by atoms with Crippen molar-refractivity contribution in [3.63, 3.8) is 0 Å². The number of aromatic hydroxyl groups is 1. The topological polar surface area (TPSA) is 70.3 Å². The van der Waals surface area contributed by atoms with Crippen LogP contribution in [0, 0.1) is 11.3 Å². The molecule has 0 atom stereocenters. The van der Waals surface area contributed by atoms with Gasteiger partial charge in [0.2, 0.25) is 0 Å². The third kappa shape index (κ3) is 3.02. The van der Waals surface area contributed by atoms with Crippen LogP contribution in [0.3, 0.4) is 0 Å². The SMILES string of the molecule is N#CCCCOC(=O)c1cc2ccccc2cc1O. The summed E-state index contributed by atoms with van der Waals surface area (Å²) in [7, 11) is 0. The van der Waals surface area contributed by atoms with Gasteiger partial charge in [-0.15, -0.1) is 0 Å². The number of hydrogen-bond acceptors (Lipinski definition) is 4. The Labute approximate surface area is 110 Å². The van der Waals surface area contributed by atoms with Gasteiger partial charge in [0.1, 0.15) is 11.3 Å². The fraction of sp³-hybridized carbons (Fsp3) is 0.200. The number of ether oxygens (including phenoxy) is 1. The van der Waals surface area contributed by atoms with E-state index in [1.54, 1.807) is 12.1 Å². The lowest BCUT2D eigenvalue weighted by Crippen LogP contribution is -2.06. The lowest BCUT2D eigenvalue weighted by atomic mass is 10.1. The Balaban J connectivity index is 2.17. The predicted molar refractivity (Wildman–Crippen MR) is 70.7 cm³/mol. The molecule has 0 aromatic heterocycles. The average molecular weight is 255 g/mol. The molecule has 0 aliphatic heterocycles. The quantitative estimate of drug-likeness (QED) is 0.673. The van der Waals surface area contributed by atoms with Crippen molar-refractivity contribution >= 4 is 16.7 Å². The van der Waals surface area contributed by atoms with E-state index in [1.807, 2.05) is 30.3 Å². The molecule has 4 heteroatoms. The first-order chi connectivity index (χ1) is 9.22. The molecule has 0 aliphatic rings. The highest BCUT2D eigenvalue weighted by Gasteiger charge is 2.13. The molecule has 0 amide bonds. The second kappa shape index (κ2) is 5.87. The van der Waals surface area contributed by atoms with Gasteiger partial charge in [0.25, 0.3) is 0 Å². The summed E-state index contributed by atoms with van der Waals surface area (Å²) in [6.45, 7) is 0.179. The third-order valence-corrected chi connectivity index (χ3v) is 2.75. The Bertz CT molecular complexity index is 643. The van der Waals surface area contributed by atoms with Crippen molar-refractivity contribution < 1.29 is 14.6 Å². The predicted octanol–water partition coefficient (Wildman–Crippen LogP) is 3.01. The zero-order chi connectivity index (χ0) is 13.7. The van der Waals surface area contributed by atoms with Crippen LogP contribution in [0.1, 0.15) is 23.2 Å². The zero-order valence-electron chi connectivity index (χ0n) is 10.3. The van der Waals surface area contributed by atoms with Crippen molar-refractivity contribution in [1.29, 1.82) is 5.26 Å². The van der Waals surface area contributed by atoms with Gasteiger partial charge in [0.05, 0.1) is 12.7 Å². The second-order valence-electron chi connectivity index (χ2n) is 4.11. The number of rotatable bonds is 4. The average Bonchev–Trinajstić information content (AvgIpc) is 2.42. The highest BCUT2D eigenvalue weighted by molar-refractivity contribution is 5.98. The summed E-state index contributed by atoms with van der Waals surface area (Å²) in [6.07, 6.45) is 0.841. The monoisotopic (exact) mass is 255 g/mol. The number of fused-ring (bicyclic) bond motifs is 1. The molecule has 1 N–H and O–H groups in total. The van der Waals surface area contributed by atoms with E-state index in [1.165, 1.54) is 0 Å². The molecule has 0 fully saturated rings. The van der Waals surface area contributed by atoms with Crippen molar-refractivity contribution in [1.82, 2.24) is 0 Å². The maximum absolute atomic E-state index is 11.8. The van der Waals surface area contributed by atoms with Gasteiger partial charge >= 0.3 is 5.97 Å². The summed E-state index contributed by atoms with van der Waals surface area (Å²) in [6, 6.07) is 12.6. The third-order valence-electron chi connectivity index (χ3n) is 2.75. The first kappa shape index (κ1) is 12.9. The zero-order valence-corrected chi connectivity index (χ0v) is 10.3. The van der Waals surface area contributed by atoms with E-state index in [2.05, 4.69) is 0 Å². The molecule has 0 heterocycles. The van der Waals surface area contributed by atoms with Crippen LogP contribution in [0.15, 0.2) is 36.4 Å². The van der Waals surface area contributed by atoms with E-state index in [4.69, 9.17) is 10.00 Å². The van der Waals surface area contributed by atoms with Crippen LogP contribution in [0.5, 0.6) is 5.75 Å². The van der Waals surface area contributed by atoms with Crippen molar-refractivity contribution in [3.8, 4) is 11.8 Å². The highest BCUT2D eigenvalue weighted by atomic mass is 16.5. The molecule has 2 aromatic rings. The van der Waals surface area contributed by atoms with Gasteiger partial charge in [-0.05, 0) is 29.3 Å². The van der Waals surface area contributed by atoms with Crippen molar-refractivity contribution in [2.24, 2.45) is 0 Å². The Morgan fingerprint density at radius 1 is 1.26 bits per heavy atom. The minimum Gasteiger partial charge on any atom is -0.507 e. The number of nitrogens with zero attached hydrogens (tertiary/aromatic N) is 1. The first-order valence-corrected chi connectivity index (χ1v) is 5.98. The molecule has 19 heavy (non-hydrogen) atoms. The number of phenols is 1. The molecular weight excluding hydrogens is 242 g/mol. The fourth-order valence-corrected chi connectivity index (χ4v) is 1.79. The minimum atomic E-state index is -0.568. The fourth-order valence-electron chi connectivity index (χ4n) is 1.79. The molecule has 0 spiro atoms. The Kier molecular flexibility index (Phi) is 3.99. The largest absolute Gasteiger partial charge is 0.507 e. The summed E-state index contributed by atoms with van der Waals surface area (Å²) in [5.41, 5.74) is 0.149. The molecule has 0 bridgehead atoms. The van der Waals surface area contributed by atoms with Crippen LogP contribution in [0.4, 0.5) is 0 Å². The maximum atomic E-state index is 11.8. The number of esters is 1. The summed E-state index contributed by atoms with van der Waals surface area (Å²) in [5, 5.41) is 19.9.